The Labute approximate surface area is 191 Å². The van der Waals surface area contributed by atoms with Gasteiger partial charge in [-0.3, -0.25) is 5.73 Å². The molecule has 0 aliphatic carbocycles. The first-order valence-corrected chi connectivity index (χ1v) is 12.8. The van der Waals surface area contributed by atoms with Gasteiger partial charge in [0.1, 0.15) is 18.9 Å². The molecule has 2 atom stereocenters. The van der Waals surface area contributed by atoms with E-state index in [1.807, 2.05) is 6.92 Å². The average molecular weight is 434 g/mol. The zero-order valence-corrected chi connectivity index (χ0v) is 20.2. The molecular weight excluding hydrogens is 386 g/mol. The largest absolute Gasteiger partial charge is 0.544 e. The van der Waals surface area contributed by atoms with Crippen LogP contribution >= 0.6 is 0 Å². The third-order valence-corrected chi connectivity index (χ3v) is 6.30. The Hall–Kier alpha value is -1.46. The van der Waals surface area contributed by atoms with Crippen molar-refractivity contribution in [2.24, 2.45) is 10.7 Å². The minimum atomic E-state index is -1.09. The molecule has 0 aromatic carbocycles. The fourth-order valence-corrected chi connectivity index (χ4v) is 4.29. The summed E-state index contributed by atoms with van der Waals surface area (Å²) in [4.78, 5) is 15.6. The minimum Gasteiger partial charge on any atom is -0.544 e. The molecule has 0 aromatic rings. The third-order valence-electron chi connectivity index (χ3n) is 6.30. The number of carboxylic acids is 1. The van der Waals surface area contributed by atoms with Gasteiger partial charge < -0.3 is 9.90 Å². The molecule has 1 aliphatic heterocycles. The summed E-state index contributed by atoms with van der Waals surface area (Å²) in [6, 6.07) is 0. The summed E-state index contributed by atoms with van der Waals surface area (Å²) in [5.41, 5.74) is 6.08. The lowest BCUT2D eigenvalue weighted by atomic mass is 10.0. The molecule has 0 radical (unpaired) electrons. The summed E-state index contributed by atoms with van der Waals surface area (Å²) in [5.74, 6) is -0.229. The summed E-state index contributed by atoms with van der Waals surface area (Å²) < 4.78 is 0.109. The maximum Gasteiger partial charge on any atom is 0.209 e. The third kappa shape index (κ3) is 11.6. The molecular formula is C26H47N3O2. The van der Waals surface area contributed by atoms with E-state index in [1.165, 1.54) is 83.5 Å². The molecule has 2 N–H and O–H groups in total. The van der Waals surface area contributed by atoms with Crippen LogP contribution in [0, 0.1) is 0 Å². The summed E-state index contributed by atoms with van der Waals surface area (Å²) in [5, 5.41) is 11.2. The van der Waals surface area contributed by atoms with Gasteiger partial charge in [0.15, 0.2) is 0 Å². The second-order valence-electron chi connectivity index (χ2n) is 9.09. The van der Waals surface area contributed by atoms with Gasteiger partial charge in [0.2, 0.25) is 5.84 Å². The summed E-state index contributed by atoms with van der Waals surface area (Å²) in [6.07, 6.45) is 28.0. The first kappa shape index (κ1) is 27.6. The van der Waals surface area contributed by atoms with Crippen LogP contribution in [0.4, 0.5) is 0 Å². The van der Waals surface area contributed by atoms with Gasteiger partial charge in [-0.05, 0) is 25.7 Å². The lowest BCUT2D eigenvalue weighted by Crippen LogP contribution is -2.60. The average Bonchev–Trinajstić information content (AvgIpc) is 3.13. The van der Waals surface area contributed by atoms with Crippen LogP contribution in [0.15, 0.2) is 29.5 Å². The van der Waals surface area contributed by atoms with Gasteiger partial charge in [-0.1, -0.05) is 89.7 Å². The van der Waals surface area contributed by atoms with E-state index in [0.717, 1.165) is 25.1 Å². The minimum absolute atomic E-state index is 0.109. The normalized spacial score (nSPS) is 19.3. The summed E-state index contributed by atoms with van der Waals surface area (Å²) in [6.45, 7) is 3.92. The van der Waals surface area contributed by atoms with Crippen molar-refractivity contribution in [2.75, 3.05) is 6.54 Å². The Morgan fingerprint density at radius 2 is 1.48 bits per heavy atom. The van der Waals surface area contributed by atoms with E-state index in [4.69, 9.17) is 5.73 Å². The van der Waals surface area contributed by atoms with Crippen molar-refractivity contribution >= 4 is 11.8 Å². The molecule has 0 bridgehead atoms. The van der Waals surface area contributed by atoms with E-state index in [-0.39, 0.29) is 17.2 Å². The van der Waals surface area contributed by atoms with E-state index in [1.54, 1.807) is 12.4 Å². The molecule has 0 amide bonds. The van der Waals surface area contributed by atoms with Crippen molar-refractivity contribution in [3.8, 4) is 0 Å². The first-order chi connectivity index (χ1) is 15.0. The molecule has 1 heterocycles. The van der Waals surface area contributed by atoms with Crippen molar-refractivity contribution < 1.29 is 14.4 Å². The van der Waals surface area contributed by atoms with E-state index < -0.39 is 5.97 Å². The van der Waals surface area contributed by atoms with Gasteiger partial charge in [0.05, 0.1) is 12.2 Å². The molecule has 5 heteroatoms. The predicted octanol–water partition coefficient (Wildman–Crippen LogP) is 5.56. The van der Waals surface area contributed by atoms with Gasteiger partial charge in [-0.15, -0.1) is 0 Å². The second-order valence-corrected chi connectivity index (χ2v) is 9.09. The highest BCUT2D eigenvalue weighted by molar-refractivity contribution is 5.81. The lowest BCUT2D eigenvalue weighted by Gasteiger charge is -2.36. The number of carboxylic acid groups (broad SMARTS) is 1. The fourth-order valence-electron chi connectivity index (χ4n) is 4.29. The van der Waals surface area contributed by atoms with Gasteiger partial charge in [-0.2, -0.15) is 0 Å². The van der Waals surface area contributed by atoms with E-state index in [2.05, 4.69) is 24.1 Å². The number of quaternary nitrogens is 1. The fraction of sp³-hybridized carbons (Fsp3) is 0.769. The summed E-state index contributed by atoms with van der Waals surface area (Å²) in [7, 11) is 0. The molecule has 0 saturated heterocycles. The SMILES string of the molecule is CCC/C=C/CCCCCCCCCCCCCCC1=NC=C[N+]1(CC(=O)[O-])C(C)N. The monoisotopic (exact) mass is 433 g/mol. The maximum absolute atomic E-state index is 11.2. The van der Waals surface area contributed by atoms with Crippen LogP contribution in [0.2, 0.25) is 0 Å². The number of unbranched alkanes of at least 4 members (excludes halogenated alkanes) is 13. The molecule has 5 nitrogen and oxygen atoms in total. The van der Waals surface area contributed by atoms with Crippen molar-refractivity contribution in [3.63, 3.8) is 0 Å². The Kier molecular flexibility index (Phi) is 15.2. The van der Waals surface area contributed by atoms with Crippen LogP contribution in [0.3, 0.4) is 0 Å². The van der Waals surface area contributed by atoms with Crippen LogP contribution in [0.5, 0.6) is 0 Å². The molecule has 0 saturated carbocycles. The van der Waals surface area contributed by atoms with Gasteiger partial charge in [0, 0.05) is 13.3 Å². The van der Waals surface area contributed by atoms with Gasteiger partial charge >= 0.3 is 0 Å². The first-order valence-electron chi connectivity index (χ1n) is 12.8. The van der Waals surface area contributed by atoms with Crippen molar-refractivity contribution in [1.82, 2.24) is 0 Å². The van der Waals surface area contributed by atoms with E-state index >= 15 is 0 Å². The summed E-state index contributed by atoms with van der Waals surface area (Å²) >= 11 is 0. The lowest BCUT2D eigenvalue weighted by molar-refractivity contribution is -0.808. The number of hydrogen-bond acceptors (Lipinski definition) is 4. The number of nitrogens with zero attached hydrogens (tertiary/aromatic N) is 2. The Bertz CT molecular complexity index is 569. The molecule has 0 fully saturated rings. The van der Waals surface area contributed by atoms with Crippen molar-refractivity contribution in [1.29, 1.82) is 0 Å². The number of hydrogen-bond donors (Lipinski definition) is 1. The highest BCUT2D eigenvalue weighted by Gasteiger charge is 2.38. The van der Waals surface area contributed by atoms with Crippen molar-refractivity contribution in [3.05, 3.63) is 24.6 Å². The standard InChI is InChI=1S/C26H47N3O2/c1-3-4-5-6-7-8-9-10-11-12-13-14-15-16-17-18-19-20-25-28-21-22-29(25,24(2)27)23-26(30)31/h5-6,21-22,24H,3-4,7-20,23,27H2,1-2H3/b6-5+. The number of nitrogens with two attached hydrogens (primary N) is 1. The number of aliphatic imine (C=N–C) groups is 1. The van der Waals surface area contributed by atoms with Crippen LogP contribution in [0.25, 0.3) is 0 Å². The number of allylic oxidation sites excluding steroid dienone is 2. The molecule has 31 heavy (non-hydrogen) atoms. The highest BCUT2D eigenvalue weighted by Crippen LogP contribution is 2.23. The quantitative estimate of drug-likeness (QED) is 0.155. The number of aliphatic carboxylic acids is 1. The smallest absolute Gasteiger partial charge is 0.209 e. The highest BCUT2D eigenvalue weighted by atomic mass is 16.4. The molecule has 1 rings (SSSR count). The predicted molar refractivity (Wildman–Crippen MR) is 129 cm³/mol. The zero-order valence-electron chi connectivity index (χ0n) is 20.2. The van der Waals surface area contributed by atoms with Crippen molar-refractivity contribution in [2.45, 2.75) is 123 Å². The van der Waals surface area contributed by atoms with Crippen LogP contribution in [-0.2, 0) is 4.79 Å². The van der Waals surface area contributed by atoms with E-state index in [9.17, 15) is 9.90 Å². The Morgan fingerprint density at radius 1 is 0.968 bits per heavy atom. The zero-order chi connectivity index (χ0) is 22.8. The van der Waals surface area contributed by atoms with Crippen LogP contribution < -0.4 is 10.8 Å². The molecule has 2 unspecified atom stereocenters. The molecule has 1 aliphatic rings. The number of carbonyl (C=O) groups is 1. The molecule has 0 spiro atoms. The second kappa shape index (κ2) is 17.1. The number of rotatable bonds is 20. The van der Waals surface area contributed by atoms with Crippen LogP contribution in [0.1, 0.15) is 117 Å². The van der Waals surface area contributed by atoms with Crippen LogP contribution in [-0.4, -0.2) is 29.0 Å². The van der Waals surface area contributed by atoms with Gasteiger partial charge in [0.25, 0.3) is 0 Å². The maximum atomic E-state index is 11.2. The number of amidine groups is 1. The Morgan fingerprint density at radius 3 is 2.00 bits per heavy atom. The molecule has 178 valence electrons. The van der Waals surface area contributed by atoms with E-state index in [0.29, 0.717) is 0 Å². The topological polar surface area (TPSA) is 78.5 Å². The Balaban J connectivity index is 1.96. The van der Waals surface area contributed by atoms with Gasteiger partial charge in [-0.25, -0.2) is 9.48 Å². The molecule has 0 aromatic heterocycles. The number of carbonyl (C=O) groups excluding carboxylic acids is 1.